The molecule has 0 bridgehead atoms. The number of carbonyl (C=O) groups is 1. The third-order valence-electron chi connectivity index (χ3n) is 4.28. The molecule has 1 aliphatic heterocycles. The largest absolute Gasteiger partial charge is 0.495 e. The van der Waals surface area contributed by atoms with E-state index in [1.165, 1.54) is 0 Å². The van der Waals surface area contributed by atoms with Crippen LogP contribution in [0.2, 0.25) is 0 Å². The van der Waals surface area contributed by atoms with Gasteiger partial charge in [0.25, 0.3) is 5.91 Å². The number of alkyl halides is 1. The molecule has 0 N–H and O–H groups in total. The molecule has 0 spiro atoms. The van der Waals surface area contributed by atoms with Crippen molar-refractivity contribution in [3.8, 4) is 5.75 Å². The highest BCUT2D eigenvalue weighted by Crippen LogP contribution is 2.28. The summed E-state index contributed by atoms with van der Waals surface area (Å²) in [6.45, 7) is 2.81. The highest BCUT2D eigenvalue weighted by atomic mass is 35.5. The van der Waals surface area contributed by atoms with Crippen molar-refractivity contribution in [2.75, 3.05) is 38.2 Å². The van der Waals surface area contributed by atoms with E-state index < -0.39 is 0 Å². The normalized spacial score (nSPS) is 20.8. The van der Waals surface area contributed by atoms with Crippen LogP contribution in [0.1, 0.15) is 0 Å². The molecule has 4 nitrogen and oxygen atoms in total. The molecule has 1 heterocycles. The molecule has 1 unspecified atom stereocenters. The van der Waals surface area contributed by atoms with Crippen LogP contribution in [-0.4, -0.2) is 54.3 Å². The maximum absolute atomic E-state index is 12.7. The second-order valence-electron chi connectivity index (χ2n) is 5.68. The van der Waals surface area contributed by atoms with E-state index in [-0.39, 0.29) is 11.3 Å². The highest BCUT2D eigenvalue weighted by Gasteiger charge is 2.28. The summed E-state index contributed by atoms with van der Waals surface area (Å²) >= 11 is 11.4. The van der Waals surface area contributed by atoms with Crippen molar-refractivity contribution in [1.82, 2.24) is 4.90 Å². The fourth-order valence-corrected chi connectivity index (χ4v) is 3.39. The van der Waals surface area contributed by atoms with Gasteiger partial charge in [-0.05, 0) is 18.2 Å². The molecule has 3 rings (SSSR count). The van der Waals surface area contributed by atoms with Crippen molar-refractivity contribution in [2.24, 2.45) is 0 Å². The number of para-hydroxylation sites is 2. The molecule has 1 fully saturated rings. The van der Waals surface area contributed by atoms with Crippen molar-refractivity contribution in [3.63, 3.8) is 0 Å². The summed E-state index contributed by atoms with van der Waals surface area (Å²) < 4.78 is 5.42. The minimum atomic E-state index is -0.376. The van der Waals surface area contributed by atoms with Crippen LogP contribution >= 0.6 is 23.8 Å². The number of nitrogens with zero attached hydrogens (tertiary/aromatic N) is 2. The number of carbonyl (C=O) groups excluding carboxylic acids is 1. The van der Waals surface area contributed by atoms with Gasteiger partial charge < -0.3 is 14.5 Å². The van der Waals surface area contributed by atoms with Crippen LogP contribution in [0.25, 0.3) is 0 Å². The van der Waals surface area contributed by atoms with Gasteiger partial charge in [-0.2, -0.15) is 0 Å². The minimum Gasteiger partial charge on any atom is -0.495 e. The molecule has 0 radical (unpaired) electrons. The highest BCUT2D eigenvalue weighted by molar-refractivity contribution is 7.81. The van der Waals surface area contributed by atoms with Gasteiger partial charge in [-0.1, -0.05) is 36.5 Å². The summed E-state index contributed by atoms with van der Waals surface area (Å²) in [5, 5.41) is -0.376. The number of piperazine rings is 1. The van der Waals surface area contributed by atoms with E-state index in [0.717, 1.165) is 24.5 Å². The van der Waals surface area contributed by atoms with Crippen molar-refractivity contribution in [2.45, 2.75) is 5.38 Å². The number of hydrogen-bond acceptors (Lipinski definition) is 4. The number of halogens is 1. The molecular weight excluding hydrogens is 344 g/mol. The zero-order valence-corrected chi connectivity index (χ0v) is 15.0. The molecule has 1 aromatic carbocycles. The number of amides is 1. The monoisotopic (exact) mass is 362 g/mol. The van der Waals surface area contributed by atoms with Gasteiger partial charge in [0.2, 0.25) is 0 Å². The Morgan fingerprint density at radius 1 is 1.25 bits per heavy atom. The average Bonchev–Trinajstić information content (AvgIpc) is 2.63. The fraction of sp³-hybridized carbons (Fsp3) is 0.333. The van der Waals surface area contributed by atoms with E-state index in [0.29, 0.717) is 23.5 Å². The lowest BCUT2D eigenvalue weighted by Crippen LogP contribution is -2.50. The molecule has 0 aromatic heterocycles. The predicted molar refractivity (Wildman–Crippen MR) is 101 cm³/mol. The molecule has 2 aliphatic rings. The second-order valence-corrected chi connectivity index (χ2v) is 6.59. The van der Waals surface area contributed by atoms with Crippen LogP contribution in [0.4, 0.5) is 5.69 Å². The van der Waals surface area contributed by atoms with Crippen molar-refractivity contribution >= 4 is 40.3 Å². The van der Waals surface area contributed by atoms with Crippen LogP contribution < -0.4 is 9.64 Å². The second kappa shape index (κ2) is 7.36. The van der Waals surface area contributed by atoms with E-state index in [1.54, 1.807) is 25.3 Å². The smallest absolute Gasteiger partial charge is 0.255 e. The Morgan fingerprint density at radius 2 is 1.96 bits per heavy atom. The van der Waals surface area contributed by atoms with E-state index in [1.807, 2.05) is 29.2 Å². The van der Waals surface area contributed by atoms with Crippen molar-refractivity contribution in [1.29, 1.82) is 0 Å². The van der Waals surface area contributed by atoms with Crippen LogP contribution in [0, 0.1) is 0 Å². The van der Waals surface area contributed by atoms with Gasteiger partial charge in [-0.25, -0.2) is 0 Å². The molecule has 1 aliphatic carbocycles. The van der Waals surface area contributed by atoms with Crippen molar-refractivity contribution in [3.05, 3.63) is 48.1 Å². The SMILES string of the molecule is COc1ccccc1N1CCN(C(=O)C2=CC=CC(Cl)C2=S)CC1. The van der Waals surface area contributed by atoms with E-state index in [4.69, 9.17) is 28.6 Å². The summed E-state index contributed by atoms with van der Waals surface area (Å²) in [4.78, 5) is 17.3. The quantitative estimate of drug-likeness (QED) is 0.611. The van der Waals surface area contributed by atoms with Gasteiger partial charge in [-0.3, -0.25) is 4.79 Å². The summed E-state index contributed by atoms with van der Waals surface area (Å²) in [6.07, 6.45) is 5.35. The van der Waals surface area contributed by atoms with Gasteiger partial charge in [0.15, 0.2) is 0 Å². The third-order valence-corrected chi connectivity index (χ3v) is 5.25. The predicted octanol–water partition coefficient (Wildman–Crippen LogP) is 2.82. The first-order valence-corrected chi connectivity index (χ1v) is 8.70. The summed E-state index contributed by atoms with van der Waals surface area (Å²) in [6, 6.07) is 7.94. The molecule has 6 heteroatoms. The molecule has 126 valence electrons. The first kappa shape index (κ1) is 17.0. The molecule has 1 amide bonds. The third kappa shape index (κ3) is 3.32. The van der Waals surface area contributed by atoms with Gasteiger partial charge in [-0.15, -0.1) is 11.6 Å². The number of benzene rings is 1. The van der Waals surface area contributed by atoms with E-state index in [2.05, 4.69) is 4.90 Å². The van der Waals surface area contributed by atoms with Crippen LogP contribution in [-0.2, 0) is 4.79 Å². The zero-order valence-electron chi connectivity index (χ0n) is 13.4. The lowest BCUT2D eigenvalue weighted by atomic mass is 10.0. The first-order chi connectivity index (χ1) is 11.6. The lowest BCUT2D eigenvalue weighted by molar-refractivity contribution is -0.126. The van der Waals surface area contributed by atoms with Gasteiger partial charge in [0.1, 0.15) is 5.75 Å². The van der Waals surface area contributed by atoms with Crippen LogP contribution in [0.5, 0.6) is 5.75 Å². The maximum atomic E-state index is 12.7. The Bertz CT molecular complexity index is 709. The lowest BCUT2D eigenvalue weighted by Gasteiger charge is -2.37. The van der Waals surface area contributed by atoms with Crippen LogP contribution in [0.3, 0.4) is 0 Å². The van der Waals surface area contributed by atoms with Crippen LogP contribution in [0.15, 0.2) is 48.1 Å². The maximum Gasteiger partial charge on any atom is 0.255 e. The van der Waals surface area contributed by atoms with Gasteiger partial charge in [0.05, 0.1) is 23.7 Å². The number of hydrogen-bond donors (Lipinski definition) is 0. The fourth-order valence-electron chi connectivity index (χ4n) is 2.96. The number of rotatable bonds is 3. The average molecular weight is 363 g/mol. The summed E-state index contributed by atoms with van der Waals surface area (Å²) in [7, 11) is 1.67. The number of thiocarbonyl (C=S) groups is 1. The van der Waals surface area contributed by atoms with E-state index >= 15 is 0 Å². The number of anilines is 1. The molecule has 1 atom stereocenters. The van der Waals surface area contributed by atoms with E-state index in [9.17, 15) is 4.79 Å². The summed E-state index contributed by atoms with van der Waals surface area (Å²) in [5.74, 6) is 0.818. The standard InChI is InChI=1S/C18H19ClN2O2S/c1-23-16-8-3-2-7-15(16)20-9-11-21(12-10-20)18(22)13-5-4-6-14(19)17(13)24/h2-8,14H,9-12H2,1H3. The number of methoxy groups -OCH3 is 1. The Balaban J connectivity index is 1.67. The van der Waals surface area contributed by atoms with Gasteiger partial charge >= 0.3 is 0 Å². The molecule has 24 heavy (non-hydrogen) atoms. The minimum absolute atomic E-state index is 0.0327. The Morgan fingerprint density at radius 3 is 2.67 bits per heavy atom. The first-order valence-electron chi connectivity index (χ1n) is 7.86. The summed E-state index contributed by atoms with van der Waals surface area (Å²) in [5.41, 5.74) is 1.60. The molecular formula is C18H19ClN2O2S. The molecule has 1 aromatic rings. The Labute approximate surface area is 152 Å². The van der Waals surface area contributed by atoms with Crippen molar-refractivity contribution < 1.29 is 9.53 Å². The topological polar surface area (TPSA) is 32.8 Å². The Hall–Kier alpha value is -1.85. The zero-order chi connectivity index (χ0) is 17.1. The van der Waals surface area contributed by atoms with Gasteiger partial charge in [0, 0.05) is 31.0 Å². The number of ether oxygens (including phenoxy) is 1. The molecule has 1 saturated heterocycles. The Kier molecular flexibility index (Phi) is 5.21. The molecule has 0 saturated carbocycles. The number of allylic oxidation sites excluding steroid dienone is 3.